The molecule has 3 rings (SSSR count). The zero-order chi connectivity index (χ0) is 21.6. The van der Waals surface area contributed by atoms with Gasteiger partial charge < -0.3 is 5.11 Å². The first kappa shape index (κ1) is 20.8. The highest BCUT2D eigenvalue weighted by atomic mass is 16.3. The Hall–Kier alpha value is -2.90. The van der Waals surface area contributed by atoms with E-state index in [1.807, 2.05) is 26.0 Å². The number of terminal acetylenes is 1. The van der Waals surface area contributed by atoms with Crippen molar-refractivity contribution in [1.29, 1.82) is 0 Å². The third-order valence-electron chi connectivity index (χ3n) is 5.58. The lowest BCUT2D eigenvalue weighted by Crippen LogP contribution is -2.42. The van der Waals surface area contributed by atoms with Gasteiger partial charge in [-0.1, -0.05) is 57.0 Å². The molecule has 2 aromatic rings. The van der Waals surface area contributed by atoms with Crippen LogP contribution in [0.1, 0.15) is 59.8 Å². The van der Waals surface area contributed by atoms with E-state index in [2.05, 4.69) is 26.7 Å². The lowest BCUT2D eigenvalue weighted by Gasteiger charge is -2.24. The maximum atomic E-state index is 13.3. The number of hydrogen-bond acceptors (Lipinski definition) is 3. The van der Waals surface area contributed by atoms with Crippen molar-refractivity contribution in [3.05, 3.63) is 64.2 Å². The molecule has 29 heavy (non-hydrogen) atoms. The van der Waals surface area contributed by atoms with E-state index in [9.17, 15) is 14.7 Å². The quantitative estimate of drug-likeness (QED) is 0.634. The fourth-order valence-electron chi connectivity index (χ4n) is 4.08. The fourth-order valence-corrected chi connectivity index (χ4v) is 4.08. The van der Waals surface area contributed by atoms with Crippen molar-refractivity contribution >= 4 is 17.4 Å². The molecule has 0 aliphatic carbocycles. The molecule has 1 amide bonds. The molecular weight excluding hydrogens is 362 g/mol. The minimum absolute atomic E-state index is 0.0363. The highest BCUT2D eigenvalue weighted by molar-refractivity contribution is 6.11. The van der Waals surface area contributed by atoms with Crippen LogP contribution in [0.4, 0.5) is 5.69 Å². The van der Waals surface area contributed by atoms with Crippen LogP contribution in [0.2, 0.25) is 0 Å². The molecule has 1 aliphatic heterocycles. The highest BCUT2D eigenvalue weighted by Gasteiger charge is 2.50. The molecule has 0 bridgehead atoms. The monoisotopic (exact) mass is 389 g/mol. The number of carbonyl (C=O) groups excluding carboxylic acids is 2. The number of hydrogen-bond donors (Lipinski definition) is 1. The van der Waals surface area contributed by atoms with Gasteiger partial charge in [-0.05, 0) is 42.0 Å². The molecule has 150 valence electrons. The molecule has 1 heterocycles. The number of aliphatic hydroxyl groups is 1. The van der Waals surface area contributed by atoms with E-state index in [0.717, 1.165) is 16.7 Å². The van der Waals surface area contributed by atoms with E-state index in [1.54, 1.807) is 24.3 Å². The van der Waals surface area contributed by atoms with E-state index in [1.165, 1.54) is 4.90 Å². The molecule has 0 fully saturated rings. The Morgan fingerprint density at radius 1 is 1.17 bits per heavy atom. The number of amides is 1. The molecule has 1 atom stereocenters. The molecule has 0 saturated heterocycles. The van der Waals surface area contributed by atoms with Gasteiger partial charge in [0.15, 0.2) is 11.4 Å². The Balaban J connectivity index is 2.01. The standard InChI is InChI=1S/C25H27NO3/c1-7-12-26-20-11-9-8-10-19(20)25(29,23(26)28)15-21(27)22-16(2)13-18(14-17(22)3)24(4,5)6/h1,8-11,13-14,29H,12,15H2,2-6H3. The van der Waals surface area contributed by atoms with E-state index >= 15 is 0 Å². The second-order valence-corrected chi connectivity index (χ2v) is 8.81. The van der Waals surface area contributed by atoms with Gasteiger partial charge in [-0.15, -0.1) is 6.42 Å². The van der Waals surface area contributed by atoms with E-state index in [4.69, 9.17) is 6.42 Å². The van der Waals surface area contributed by atoms with Crippen molar-refractivity contribution < 1.29 is 14.7 Å². The number of rotatable bonds is 4. The van der Waals surface area contributed by atoms with E-state index < -0.39 is 11.5 Å². The van der Waals surface area contributed by atoms with Crippen LogP contribution in [0.3, 0.4) is 0 Å². The Morgan fingerprint density at radius 3 is 2.31 bits per heavy atom. The number of nitrogens with zero attached hydrogens (tertiary/aromatic N) is 1. The van der Waals surface area contributed by atoms with Crippen LogP contribution >= 0.6 is 0 Å². The van der Waals surface area contributed by atoms with Crippen LogP contribution in [0.15, 0.2) is 36.4 Å². The van der Waals surface area contributed by atoms with Crippen molar-refractivity contribution in [1.82, 2.24) is 0 Å². The van der Waals surface area contributed by atoms with Gasteiger partial charge in [0.2, 0.25) is 0 Å². The molecule has 0 radical (unpaired) electrons. The van der Waals surface area contributed by atoms with Crippen LogP contribution in [0.5, 0.6) is 0 Å². The second-order valence-electron chi connectivity index (χ2n) is 8.81. The van der Waals surface area contributed by atoms with Gasteiger partial charge in [0.1, 0.15) is 0 Å². The van der Waals surface area contributed by atoms with E-state index in [-0.39, 0.29) is 24.2 Å². The molecule has 4 nitrogen and oxygen atoms in total. The summed E-state index contributed by atoms with van der Waals surface area (Å²) in [4.78, 5) is 27.6. The minimum Gasteiger partial charge on any atom is -0.375 e. The van der Waals surface area contributed by atoms with Crippen molar-refractivity contribution in [2.75, 3.05) is 11.4 Å². The van der Waals surface area contributed by atoms with Gasteiger partial charge in [-0.3, -0.25) is 14.5 Å². The Bertz CT molecular complexity index is 1020. The SMILES string of the molecule is C#CCN1C(=O)C(O)(CC(=O)c2c(C)cc(C(C)(C)C)cc2C)c2ccccc21. The number of fused-ring (bicyclic) bond motifs is 1. The minimum atomic E-state index is -1.91. The van der Waals surface area contributed by atoms with Gasteiger partial charge in [0.25, 0.3) is 5.91 Å². The lowest BCUT2D eigenvalue weighted by molar-refractivity contribution is -0.135. The predicted molar refractivity (Wildman–Crippen MR) is 115 cm³/mol. The number of para-hydroxylation sites is 1. The van der Waals surface area contributed by atoms with Gasteiger partial charge in [0.05, 0.1) is 18.7 Å². The highest BCUT2D eigenvalue weighted by Crippen LogP contribution is 2.43. The summed E-state index contributed by atoms with van der Waals surface area (Å²) in [7, 11) is 0. The normalized spacial score (nSPS) is 18.5. The summed E-state index contributed by atoms with van der Waals surface area (Å²) in [6.07, 6.45) is 5.09. The zero-order valence-corrected chi connectivity index (χ0v) is 17.7. The first-order chi connectivity index (χ1) is 13.5. The smallest absolute Gasteiger partial charge is 0.265 e. The van der Waals surface area contributed by atoms with Crippen molar-refractivity contribution in [2.45, 2.75) is 52.1 Å². The Kier molecular flexibility index (Phi) is 5.15. The van der Waals surface area contributed by atoms with Crippen LogP contribution in [0, 0.1) is 26.2 Å². The lowest BCUT2D eigenvalue weighted by atomic mass is 9.81. The third-order valence-corrected chi connectivity index (χ3v) is 5.58. The maximum absolute atomic E-state index is 13.3. The molecule has 0 aromatic heterocycles. The predicted octanol–water partition coefficient (Wildman–Crippen LogP) is 4.04. The molecule has 1 unspecified atom stereocenters. The molecule has 0 spiro atoms. The number of Topliss-reactive ketones (excluding diaryl/α,β-unsaturated/α-hetero) is 1. The summed E-state index contributed by atoms with van der Waals surface area (Å²) in [5.74, 6) is 1.65. The number of aryl methyl sites for hydroxylation is 2. The number of carbonyl (C=O) groups is 2. The summed E-state index contributed by atoms with van der Waals surface area (Å²) in [5, 5.41) is 11.3. The molecule has 4 heteroatoms. The van der Waals surface area contributed by atoms with Gasteiger partial charge in [-0.2, -0.15) is 0 Å². The fraction of sp³-hybridized carbons (Fsp3) is 0.360. The van der Waals surface area contributed by atoms with Crippen LogP contribution in [-0.2, 0) is 15.8 Å². The molecular formula is C25H27NO3. The molecule has 1 aliphatic rings. The average Bonchev–Trinajstić information content (AvgIpc) is 2.83. The summed E-state index contributed by atoms with van der Waals surface area (Å²) >= 11 is 0. The van der Waals surface area contributed by atoms with Crippen LogP contribution in [0.25, 0.3) is 0 Å². The van der Waals surface area contributed by atoms with Gasteiger partial charge in [0, 0.05) is 11.1 Å². The van der Waals surface area contributed by atoms with Crippen molar-refractivity contribution in [2.24, 2.45) is 0 Å². The van der Waals surface area contributed by atoms with Crippen LogP contribution in [-0.4, -0.2) is 23.3 Å². The first-order valence-corrected chi connectivity index (χ1v) is 9.73. The first-order valence-electron chi connectivity index (χ1n) is 9.73. The number of benzene rings is 2. The van der Waals surface area contributed by atoms with Crippen molar-refractivity contribution in [3.8, 4) is 12.3 Å². The largest absolute Gasteiger partial charge is 0.375 e. The summed E-state index contributed by atoms with van der Waals surface area (Å²) in [5.41, 5.74) is 2.44. The van der Waals surface area contributed by atoms with Gasteiger partial charge in [-0.25, -0.2) is 0 Å². The summed E-state index contributed by atoms with van der Waals surface area (Å²) < 4.78 is 0. The van der Waals surface area contributed by atoms with Gasteiger partial charge >= 0.3 is 0 Å². The summed E-state index contributed by atoms with van der Waals surface area (Å²) in [6, 6.07) is 11.0. The Labute approximate surface area is 172 Å². The zero-order valence-electron chi connectivity index (χ0n) is 17.7. The van der Waals surface area contributed by atoms with E-state index in [0.29, 0.717) is 16.8 Å². The molecule has 0 saturated carbocycles. The number of anilines is 1. The maximum Gasteiger partial charge on any atom is 0.265 e. The number of ketones is 1. The third kappa shape index (κ3) is 3.47. The van der Waals surface area contributed by atoms with Crippen LogP contribution < -0.4 is 4.90 Å². The Morgan fingerprint density at radius 2 is 1.76 bits per heavy atom. The summed E-state index contributed by atoms with van der Waals surface area (Å²) in [6.45, 7) is 10.2. The average molecular weight is 389 g/mol. The van der Waals surface area contributed by atoms with Crippen molar-refractivity contribution in [3.63, 3.8) is 0 Å². The second kappa shape index (κ2) is 7.17. The molecule has 1 N–H and O–H groups in total. The molecule has 2 aromatic carbocycles. The topological polar surface area (TPSA) is 57.6 Å².